The highest BCUT2D eigenvalue weighted by atomic mass is 16.4. The molecule has 0 rings (SSSR count). The summed E-state index contributed by atoms with van der Waals surface area (Å²) in [5, 5.41) is 15.2. The molecule has 15 heavy (non-hydrogen) atoms. The summed E-state index contributed by atoms with van der Waals surface area (Å²) in [5.41, 5.74) is 0. The lowest BCUT2D eigenvalue weighted by Gasteiger charge is -2.13. The van der Waals surface area contributed by atoms with E-state index in [2.05, 4.69) is 16.0 Å². The molecule has 0 aliphatic rings. The third-order valence-corrected chi connectivity index (χ3v) is 1.49. The van der Waals surface area contributed by atoms with Gasteiger partial charge in [-0.15, -0.1) is 0 Å². The van der Waals surface area contributed by atoms with E-state index < -0.39 is 24.6 Å². The maximum absolute atomic E-state index is 11.1. The van der Waals surface area contributed by atoms with Crippen molar-refractivity contribution in [3.63, 3.8) is 0 Å². The number of carboxylic acids is 1. The summed E-state index contributed by atoms with van der Waals surface area (Å²) in [4.78, 5) is 32.3. The molecule has 1 unspecified atom stereocenters. The molecule has 0 spiro atoms. The van der Waals surface area contributed by atoms with Gasteiger partial charge in [0.2, 0.25) is 5.91 Å². The van der Waals surface area contributed by atoms with E-state index in [1.165, 1.54) is 6.92 Å². The number of carbonyl (C=O) groups excluding carboxylic acids is 2. The fourth-order valence-electron chi connectivity index (χ4n) is 0.796. The van der Waals surface area contributed by atoms with Crippen molar-refractivity contribution in [2.75, 3.05) is 13.1 Å². The van der Waals surface area contributed by atoms with Crippen molar-refractivity contribution in [3.05, 3.63) is 0 Å². The summed E-state index contributed by atoms with van der Waals surface area (Å²) in [7, 11) is 0. The molecular formula is C8H15N3O4. The van der Waals surface area contributed by atoms with Crippen LogP contribution in [0.2, 0.25) is 0 Å². The second kappa shape index (κ2) is 6.63. The number of nitrogens with one attached hydrogen (secondary N) is 3. The average molecular weight is 217 g/mol. The number of rotatable bonds is 5. The van der Waals surface area contributed by atoms with Crippen molar-refractivity contribution in [3.8, 4) is 0 Å². The minimum absolute atomic E-state index is 0.317. The highest BCUT2D eigenvalue weighted by Gasteiger charge is 2.14. The Hall–Kier alpha value is -1.79. The Balaban J connectivity index is 3.85. The first-order valence-electron chi connectivity index (χ1n) is 4.51. The second-order valence-corrected chi connectivity index (χ2v) is 2.84. The Morgan fingerprint density at radius 2 is 1.87 bits per heavy atom. The smallest absolute Gasteiger partial charge is 0.323 e. The quantitative estimate of drug-likeness (QED) is 0.468. The van der Waals surface area contributed by atoms with Crippen molar-refractivity contribution in [1.29, 1.82) is 0 Å². The van der Waals surface area contributed by atoms with Crippen LogP contribution in [0.1, 0.15) is 13.8 Å². The van der Waals surface area contributed by atoms with E-state index >= 15 is 0 Å². The summed E-state index contributed by atoms with van der Waals surface area (Å²) >= 11 is 0. The molecule has 0 saturated heterocycles. The molecule has 0 aromatic heterocycles. The Morgan fingerprint density at radius 3 is 2.33 bits per heavy atom. The van der Waals surface area contributed by atoms with Crippen LogP contribution in [0.4, 0.5) is 4.79 Å². The van der Waals surface area contributed by atoms with Gasteiger partial charge in [-0.1, -0.05) is 0 Å². The molecular weight excluding hydrogens is 202 g/mol. The van der Waals surface area contributed by atoms with Crippen LogP contribution in [-0.4, -0.2) is 42.1 Å². The van der Waals surface area contributed by atoms with Crippen LogP contribution in [0.5, 0.6) is 0 Å². The number of hydrogen-bond donors (Lipinski definition) is 4. The summed E-state index contributed by atoms with van der Waals surface area (Å²) < 4.78 is 0. The van der Waals surface area contributed by atoms with Crippen LogP contribution >= 0.6 is 0 Å². The normalized spacial score (nSPS) is 11.3. The molecule has 0 saturated carbocycles. The van der Waals surface area contributed by atoms with Gasteiger partial charge in [0, 0.05) is 6.54 Å². The average Bonchev–Trinajstić information content (AvgIpc) is 2.15. The Labute approximate surface area is 87.2 Å². The molecule has 86 valence electrons. The van der Waals surface area contributed by atoms with E-state index in [0.29, 0.717) is 6.54 Å². The summed E-state index contributed by atoms with van der Waals surface area (Å²) in [6.45, 7) is 3.26. The van der Waals surface area contributed by atoms with E-state index in [-0.39, 0.29) is 5.91 Å². The van der Waals surface area contributed by atoms with Crippen molar-refractivity contribution >= 4 is 17.9 Å². The maximum Gasteiger partial charge on any atom is 0.323 e. The number of aliphatic carboxylic acids is 1. The third kappa shape index (κ3) is 6.30. The van der Waals surface area contributed by atoms with Gasteiger partial charge < -0.3 is 21.1 Å². The van der Waals surface area contributed by atoms with Gasteiger partial charge in [0.05, 0.1) is 0 Å². The Bertz CT molecular complexity index is 254. The summed E-state index contributed by atoms with van der Waals surface area (Å²) in [5.74, 6) is -1.46. The molecule has 0 aliphatic carbocycles. The van der Waals surface area contributed by atoms with Crippen molar-refractivity contribution in [2.24, 2.45) is 0 Å². The van der Waals surface area contributed by atoms with Crippen LogP contribution in [0, 0.1) is 0 Å². The van der Waals surface area contributed by atoms with Crippen molar-refractivity contribution < 1.29 is 19.5 Å². The maximum atomic E-state index is 11.1. The lowest BCUT2D eigenvalue weighted by Crippen LogP contribution is -2.49. The third-order valence-electron chi connectivity index (χ3n) is 1.49. The van der Waals surface area contributed by atoms with Gasteiger partial charge in [-0.05, 0) is 13.8 Å². The van der Waals surface area contributed by atoms with E-state index in [0.717, 1.165) is 0 Å². The number of likely N-dealkylation sites (N-methyl/N-ethyl adjacent to an activating group) is 1. The largest absolute Gasteiger partial charge is 0.480 e. The van der Waals surface area contributed by atoms with Gasteiger partial charge in [-0.25, -0.2) is 4.79 Å². The first kappa shape index (κ1) is 13.2. The van der Waals surface area contributed by atoms with Crippen LogP contribution < -0.4 is 16.0 Å². The van der Waals surface area contributed by atoms with Crippen LogP contribution in [0.15, 0.2) is 0 Å². The first-order chi connectivity index (χ1) is 6.97. The summed E-state index contributed by atoms with van der Waals surface area (Å²) in [6.07, 6.45) is 0. The number of urea groups is 1. The number of carbonyl (C=O) groups is 3. The fourth-order valence-corrected chi connectivity index (χ4v) is 0.796. The number of carboxylic acid groups (broad SMARTS) is 1. The van der Waals surface area contributed by atoms with Gasteiger partial charge in [-0.3, -0.25) is 9.59 Å². The van der Waals surface area contributed by atoms with Crippen LogP contribution in [0.25, 0.3) is 0 Å². The molecule has 0 radical (unpaired) electrons. The van der Waals surface area contributed by atoms with Gasteiger partial charge in [-0.2, -0.15) is 0 Å². The predicted molar refractivity (Wildman–Crippen MR) is 52.3 cm³/mol. The first-order valence-corrected chi connectivity index (χ1v) is 4.51. The van der Waals surface area contributed by atoms with Gasteiger partial charge in [0.1, 0.15) is 12.6 Å². The molecule has 0 aromatic rings. The Kier molecular flexibility index (Phi) is 5.84. The van der Waals surface area contributed by atoms with Crippen molar-refractivity contribution in [2.45, 2.75) is 19.9 Å². The highest BCUT2D eigenvalue weighted by molar-refractivity contribution is 5.87. The predicted octanol–water partition coefficient (Wildman–Crippen LogP) is -1.11. The fraction of sp³-hybridized carbons (Fsp3) is 0.625. The zero-order valence-electron chi connectivity index (χ0n) is 8.66. The highest BCUT2D eigenvalue weighted by Crippen LogP contribution is 1.81. The molecule has 0 bridgehead atoms. The molecule has 1 atom stereocenters. The van der Waals surface area contributed by atoms with Gasteiger partial charge in [0.15, 0.2) is 0 Å². The SMILES string of the molecule is CCNC(=O)C(C)NC(=O)NCC(=O)O. The monoisotopic (exact) mass is 217 g/mol. The van der Waals surface area contributed by atoms with E-state index in [1.54, 1.807) is 6.92 Å². The van der Waals surface area contributed by atoms with E-state index in [9.17, 15) is 14.4 Å². The molecule has 7 heteroatoms. The van der Waals surface area contributed by atoms with Crippen LogP contribution in [0.3, 0.4) is 0 Å². The zero-order valence-corrected chi connectivity index (χ0v) is 8.66. The lowest BCUT2D eigenvalue weighted by atomic mass is 10.3. The molecule has 0 heterocycles. The number of hydrogen-bond acceptors (Lipinski definition) is 3. The second-order valence-electron chi connectivity index (χ2n) is 2.84. The minimum atomic E-state index is -1.14. The molecule has 0 aromatic carbocycles. The summed E-state index contributed by atoms with van der Waals surface area (Å²) in [6, 6.07) is -1.38. The van der Waals surface area contributed by atoms with Crippen LogP contribution in [-0.2, 0) is 9.59 Å². The van der Waals surface area contributed by atoms with E-state index in [1.807, 2.05) is 0 Å². The van der Waals surface area contributed by atoms with E-state index in [4.69, 9.17) is 5.11 Å². The lowest BCUT2D eigenvalue weighted by molar-refractivity contribution is -0.135. The Morgan fingerprint density at radius 1 is 1.27 bits per heavy atom. The molecule has 0 aliphatic heterocycles. The van der Waals surface area contributed by atoms with Gasteiger partial charge in [0.25, 0.3) is 0 Å². The minimum Gasteiger partial charge on any atom is -0.480 e. The number of amides is 3. The molecule has 0 fully saturated rings. The topological polar surface area (TPSA) is 108 Å². The van der Waals surface area contributed by atoms with Crippen molar-refractivity contribution in [1.82, 2.24) is 16.0 Å². The molecule has 3 amide bonds. The van der Waals surface area contributed by atoms with Gasteiger partial charge >= 0.3 is 12.0 Å². The molecule has 7 nitrogen and oxygen atoms in total. The standard InChI is InChI=1S/C8H15N3O4/c1-3-9-7(14)5(2)11-8(15)10-4-6(12)13/h5H,3-4H2,1-2H3,(H,9,14)(H,12,13)(H2,10,11,15). The molecule has 4 N–H and O–H groups in total. The zero-order chi connectivity index (χ0) is 11.8.